The normalized spacial score (nSPS) is 18.2. The van der Waals surface area contributed by atoms with E-state index < -0.39 is 15.4 Å². The largest absolute Gasteiger partial charge is 0.279 e. The van der Waals surface area contributed by atoms with Crippen LogP contribution >= 0.6 is 45.9 Å². The van der Waals surface area contributed by atoms with Crippen LogP contribution in [0.15, 0.2) is 76.3 Å². The summed E-state index contributed by atoms with van der Waals surface area (Å²) in [6.45, 7) is 0. The second-order valence-corrected chi connectivity index (χ2v) is 11.6. The fourth-order valence-corrected chi connectivity index (χ4v) is 6.86. The molecule has 3 heterocycles. The Morgan fingerprint density at radius 3 is 2.48 bits per heavy atom. The van der Waals surface area contributed by atoms with Crippen molar-refractivity contribution in [2.24, 2.45) is 0 Å². The zero-order valence-electron chi connectivity index (χ0n) is 16.7. The molecular formula is C22H15Cl2N3O3S3. The molecule has 1 N–H and O–H groups in total. The first-order valence-electron chi connectivity index (χ1n) is 9.69. The molecule has 0 bridgehead atoms. The van der Waals surface area contributed by atoms with E-state index in [0.717, 1.165) is 4.88 Å². The van der Waals surface area contributed by atoms with Gasteiger partial charge in [0, 0.05) is 20.8 Å². The van der Waals surface area contributed by atoms with Gasteiger partial charge in [0.1, 0.15) is 5.38 Å². The lowest BCUT2D eigenvalue weighted by atomic mass is 10.0. The zero-order valence-corrected chi connectivity index (χ0v) is 20.6. The van der Waals surface area contributed by atoms with Crippen LogP contribution < -0.4 is 9.62 Å². The topological polar surface area (TPSA) is 79.4 Å². The number of nitrogens with zero attached hydrogens (tertiary/aromatic N) is 2. The van der Waals surface area contributed by atoms with Gasteiger partial charge in [-0.2, -0.15) is 0 Å². The molecule has 5 rings (SSSR count). The molecule has 1 amide bonds. The van der Waals surface area contributed by atoms with Gasteiger partial charge in [-0.05, 0) is 41.8 Å². The Kier molecular flexibility index (Phi) is 5.92. The van der Waals surface area contributed by atoms with Crippen molar-refractivity contribution in [1.82, 2.24) is 4.98 Å². The van der Waals surface area contributed by atoms with Gasteiger partial charge in [-0.1, -0.05) is 35.9 Å². The van der Waals surface area contributed by atoms with E-state index in [1.807, 2.05) is 17.5 Å². The van der Waals surface area contributed by atoms with Crippen molar-refractivity contribution in [1.29, 1.82) is 0 Å². The molecular weight excluding hydrogens is 521 g/mol. The molecule has 168 valence electrons. The van der Waals surface area contributed by atoms with E-state index in [9.17, 15) is 13.2 Å². The lowest BCUT2D eigenvalue weighted by Gasteiger charge is -2.41. The second kappa shape index (κ2) is 8.73. The number of sulfonamides is 1. The quantitative estimate of drug-likeness (QED) is 0.241. The van der Waals surface area contributed by atoms with E-state index in [2.05, 4.69) is 9.71 Å². The van der Waals surface area contributed by atoms with E-state index in [4.69, 9.17) is 23.2 Å². The number of hydrogen-bond donors (Lipinski definition) is 1. The van der Waals surface area contributed by atoms with Gasteiger partial charge >= 0.3 is 0 Å². The molecule has 1 fully saturated rings. The Labute approximate surface area is 208 Å². The summed E-state index contributed by atoms with van der Waals surface area (Å²) in [4.78, 5) is 19.8. The minimum atomic E-state index is -3.83. The van der Waals surface area contributed by atoms with Gasteiger partial charge in [0.15, 0.2) is 5.13 Å². The van der Waals surface area contributed by atoms with Crippen LogP contribution in [0.25, 0.3) is 11.3 Å². The number of carbonyl (C=O) groups is 1. The van der Waals surface area contributed by atoms with Crippen LogP contribution in [0.3, 0.4) is 0 Å². The molecule has 6 nitrogen and oxygen atoms in total. The smallest absolute Gasteiger partial charge is 0.261 e. The summed E-state index contributed by atoms with van der Waals surface area (Å²) in [6.07, 6.45) is 0. The van der Waals surface area contributed by atoms with E-state index in [1.165, 1.54) is 46.9 Å². The minimum Gasteiger partial charge on any atom is -0.279 e. The summed E-state index contributed by atoms with van der Waals surface area (Å²) in [6, 6.07) is 16.5. The average Bonchev–Trinajstić information content (AvgIpc) is 3.49. The number of thiophene rings is 1. The number of para-hydroxylation sites is 1. The Hall–Kier alpha value is -2.43. The maximum atomic E-state index is 12.9. The van der Waals surface area contributed by atoms with Crippen LogP contribution in [0.2, 0.25) is 5.02 Å². The molecule has 11 heteroatoms. The zero-order chi connectivity index (χ0) is 23.2. The third-order valence-corrected chi connectivity index (χ3v) is 8.97. The maximum absolute atomic E-state index is 12.9. The van der Waals surface area contributed by atoms with E-state index in [0.29, 0.717) is 27.1 Å². The van der Waals surface area contributed by atoms with Crippen LogP contribution in [-0.4, -0.2) is 24.7 Å². The van der Waals surface area contributed by atoms with Crippen LogP contribution in [0.5, 0.6) is 0 Å². The van der Waals surface area contributed by atoms with Crippen molar-refractivity contribution >= 4 is 72.6 Å². The highest BCUT2D eigenvalue weighted by atomic mass is 35.5. The van der Waals surface area contributed by atoms with Crippen LogP contribution in [0.4, 0.5) is 10.8 Å². The van der Waals surface area contributed by atoms with Gasteiger partial charge in [-0.25, -0.2) is 13.4 Å². The predicted molar refractivity (Wildman–Crippen MR) is 134 cm³/mol. The summed E-state index contributed by atoms with van der Waals surface area (Å²) in [5, 5.41) is 4.07. The molecule has 0 radical (unpaired) electrons. The first kappa shape index (κ1) is 22.4. The molecule has 2 aromatic heterocycles. The minimum absolute atomic E-state index is 0.0961. The molecule has 0 aliphatic carbocycles. The molecule has 1 aliphatic heterocycles. The first-order valence-corrected chi connectivity index (χ1v) is 13.7. The van der Waals surface area contributed by atoms with Crippen molar-refractivity contribution in [3.8, 4) is 11.3 Å². The number of halogens is 2. The summed E-state index contributed by atoms with van der Waals surface area (Å²) < 4.78 is 28.4. The number of benzene rings is 2. The van der Waals surface area contributed by atoms with Gasteiger partial charge in [-0.3, -0.25) is 14.4 Å². The van der Waals surface area contributed by atoms with Gasteiger partial charge in [0.05, 0.1) is 22.3 Å². The van der Waals surface area contributed by atoms with E-state index in [1.54, 1.807) is 34.5 Å². The molecule has 1 saturated heterocycles. The van der Waals surface area contributed by atoms with Crippen LogP contribution in [-0.2, 0) is 14.8 Å². The lowest BCUT2D eigenvalue weighted by molar-refractivity contribution is -0.123. The van der Waals surface area contributed by atoms with Crippen molar-refractivity contribution in [2.75, 3.05) is 9.62 Å². The molecule has 33 heavy (non-hydrogen) atoms. The van der Waals surface area contributed by atoms with Gasteiger partial charge in [0.25, 0.3) is 10.0 Å². The van der Waals surface area contributed by atoms with E-state index >= 15 is 0 Å². The third-order valence-electron chi connectivity index (χ3n) is 5.13. The summed E-state index contributed by atoms with van der Waals surface area (Å²) in [7, 11) is -3.83. The van der Waals surface area contributed by atoms with E-state index in [-0.39, 0.29) is 16.8 Å². The Bertz CT molecular complexity index is 1420. The second-order valence-electron chi connectivity index (χ2n) is 7.19. The molecule has 0 spiro atoms. The number of hydrogen-bond acceptors (Lipinski definition) is 6. The first-order chi connectivity index (χ1) is 15.8. The van der Waals surface area contributed by atoms with Crippen molar-refractivity contribution in [3.05, 3.63) is 81.3 Å². The highest BCUT2D eigenvalue weighted by Gasteiger charge is 2.49. The molecule has 2 unspecified atom stereocenters. The molecule has 4 aromatic rings. The van der Waals surface area contributed by atoms with Gasteiger partial charge in [0.2, 0.25) is 5.91 Å². The number of carbonyl (C=O) groups excluding carboxylic acids is 1. The number of thiazole rings is 1. The fraction of sp³-hybridized carbons (Fsp3) is 0.0909. The SMILES string of the molecule is O=C1C(Cl)C(c2cccs2)N1c1nc(-c2ccccc2NS(=O)(=O)c2ccc(Cl)cc2)cs1. The highest BCUT2D eigenvalue weighted by Crippen LogP contribution is 2.45. The fourth-order valence-electron chi connectivity index (χ4n) is 3.51. The summed E-state index contributed by atoms with van der Waals surface area (Å²) >= 11 is 15.0. The van der Waals surface area contributed by atoms with Crippen LogP contribution in [0, 0.1) is 0 Å². The predicted octanol–water partition coefficient (Wildman–Crippen LogP) is 6.02. The van der Waals surface area contributed by atoms with Gasteiger partial charge < -0.3 is 0 Å². The molecule has 2 atom stereocenters. The molecule has 1 aliphatic rings. The van der Waals surface area contributed by atoms with Crippen LogP contribution in [0.1, 0.15) is 10.9 Å². The number of amides is 1. The molecule has 0 saturated carbocycles. The Morgan fingerprint density at radius 2 is 1.76 bits per heavy atom. The Morgan fingerprint density at radius 1 is 1.00 bits per heavy atom. The monoisotopic (exact) mass is 535 g/mol. The highest BCUT2D eigenvalue weighted by molar-refractivity contribution is 7.92. The van der Waals surface area contributed by atoms with Crippen molar-refractivity contribution in [3.63, 3.8) is 0 Å². The molecule has 2 aromatic carbocycles. The standard InChI is InChI=1S/C22H15Cl2N3O3S3/c23-13-7-9-14(10-8-13)33(29,30)26-16-5-2-1-4-15(16)17-12-32-22(25-17)27-20(19(24)21(27)28)18-6-3-11-31-18/h1-12,19-20,26H. The number of anilines is 2. The number of alkyl halides is 1. The average molecular weight is 536 g/mol. The van der Waals surface area contributed by atoms with Gasteiger partial charge in [-0.15, -0.1) is 34.3 Å². The van der Waals surface area contributed by atoms with Crippen molar-refractivity contribution in [2.45, 2.75) is 16.3 Å². The number of β-lactam (4-membered cyclic amide) rings is 1. The Balaban J connectivity index is 1.45. The third kappa shape index (κ3) is 4.15. The van der Waals surface area contributed by atoms with Crippen molar-refractivity contribution < 1.29 is 13.2 Å². The number of rotatable bonds is 6. The number of nitrogens with one attached hydrogen (secondary N) is 1. The maximum Gasteiger partial charge on any atom is 0.261 e. The summed E-state index contributed by atoms with van der Waals surface area (Å²) in [5.41, 5.74) is 1.53. The lowest BCUT2D eigenvalue weighted by Crippen LogP contribution is -2.56. The summed E-state index contributed by atoms with van der Waals surface area (Å²) in [5.74, 6) is -0.201. The number of aromatic nitrogens is 1.